The lowest BCUT2D eigenvalue weighted by atomic mass is 10.1. The molecule has 4 aromatic rings. The van der Waals surface area contributed by atoms with Gasteiger partial charge in [-0.25, -0.2) is 0 Å². The zero-order valence-corrected chi connectivity index (χ0v) is 18.7. The molecule has 1 amide bonds. The van der Waals surface area contributed by atoms with Crippen molar-refractivity contribution >= 4 is 34.0 Å². The van der Waals surface area contributed by atoms with E-state index in [1.54, 1.807) is 6.26 Å². The van der Waals surface area contributed by atoms with Gasteiger partial charge in [0.2, 0.25) is 11.7 Å². The van der Waals surface area contributed by atoms with E-state index in [0.717, 1.165) is 30.4 Å². The number of benzene rings is 1. The van der Waals surface area contributed by atoms with Crippen molar-refractivity contribution in [1.82, 2.24) is 14.8 Å². The summed E-state index contributed by atoms with van der Waals surface area (Å²) in [5.41, 5.74) is 2.82. The first-order chi connectivity index (χ1) is 15.7. The van der Waals surface area contributed by atoms with Gasteiger partial charge in [-0.3, -0.25) is 9.36 Å². The van der Waals surface area contributed by atoms with Crippen LogP contribution in [0, 0.1) is 11.3 Å². The van der Waals surface area contributed by atoms with Crippen LogP contribution in [0.5, 0.6) is 0 Å². The highest BCUT2D eigenvalue weighted by molar-refractivity contribution is 7.99. The van der Waals surface area contributed by atoms with Gasteiger partial charge in [0.25, 0.3) is 0 Å². The molecule has 1 aliphatic carbocycles. The van der Waals surface area contributed by atoms with E-state index >= 15 is 0 Å². The highest BCUT2D eigenvalue weighted by atomic mass is 32.2. The smallest absolute Gasteiger partial charge is 0.235 e. The largest absolute Gasteiger partial charge is 0.461 e. The van der Waals surface area contributed by atoms with Crippen molar-refractivity contribution < 1.29 is 9.21 Å². The Kier molecular flexibility index (Phi) is 5.79. The molecule has 7 nitrogen and oxygen atoms in total. The molecule has 0 fully saturated rings. The molecule has 160 valence electrons. The Morgan fingerprint density at radius 1 is 1.22 bits per heavy atom. The van der Waals surface area contributed by atoms with Gasteiger partial charge < -0.3 is 9.73 Å². The number of furan rings is 1. The Hall–Kier alpha value is -3.35. The average Bonchev–Trinajstić information content (AvgIpc) is 3.58. The van der Waals surface area contributed by atoms with E-state index in [1.807, 2.05) is 47.0 Å². The molecule has 1 aromatic carbocycles. The highest BCUT2D eigenvalue weighted by Crippen LogP contribution is 2.38. The van der Waals surface area contributed by atoms with Crippen molar-refractivity contribution in [3.63, 3.8) is 0 Å². The van der Waals surface area contributed by atoms with Crippen molar-refractivity contribution in [3.05, 3.63) is 70.3 Å². The Bertz CT molecular complexity index is 1290. The van der Waals surface area contributed by atoms with Crippen molar-refractivity contribution in [2.45, 2.75) is 31.0 Å². The first kappa shape index (κ1) is 20.5. The summed E-state index contributed by atoms with van der Waals surface area (Å²) in [6, 6.07) is 15.9. The third-order valence-electron chi connectivity index (χ3n) is 5.26. The predicted molar refractivity (Wildman–Crippen MR) is 124 cm³/mol. The molecule has 1 N–H and O–H groups in total. The Morgan fingerprint density at radius 3 is 2.88 bits per heavy atom. The first-order valence-corrected chi connectivity index (χ1v) is 12.0. The van der Waals surface area contributed by atoms with Gasteiger partial charge >= 0.3 is 0 Å². The number of nitriles is 1. The number of aryl methyl sites for hydroxylation is 1. The summed E-state index contributed by atoms with van der Waals surface area (Å²) in [5, 5.41) is 22.4. The Balaban J connectivity index is 1.33. The Morgan fingerprint density at radius 2 is 2.09 bits per heavy atom. The number of anilines is 1. The van der Waals surface area contributed by atoms with Crippen molar-refractivity contribution in [1.29, 1.82) is 5.26 Å². The molecule has 0 bridgehead atoms. The van der Waals surface area contributed by atoms with E-state index in [1.165, 1.54) is 28.0 Å². The number of thioether (sulfide) groups is 1. The molecule has 0 unspecified atom stereocenters. The molecule has 0 saturated heterocycles. The minimum atomic E-state index is -0.166. The van der Waals surface area contributed by atoms with Crippen molar-refractivity contribution in [2.75, 3.05) is 11.1 Å². The number of hydrogen-bond donors (Lipinski definition) is 1. The quantitative estimate of drug-likeness (QED) is 0.399. The average molecular weight is 462 g/mol. The fourth-order valence-electron chi connectivity index (χ4n) is 3.80. The molecule has 0 atom stereocenters. The van der Waals surface area contributed by atoms with Crippen LogP contribution in [-0.2, 0) is 24.2 Å². The van der Waals surface area contributed by atoms with Crippen LogP contribution in [-0.4, -0.2) is 26.4 Å². The van der Waals surface area contributed by atoms with E-state index in [2.05, 4.69) is 21.6 Å². The van der Waals surface area contributed by atoms with Gasteiger partial charge in [-0.2, -0.15) is 5.26 Å². The lowest BCUT2D eigenvalue weighted by Crippen LogP contribution is -2.15. The van der Waals surface area contributed by atoms with Gasteiger partial charge in [0, 0.05) is 4.88 Å². The molecule has 0 spiro atoms. The van der Waals surface area contributed by atoms with Gasteiger partial charge in [-0.05, 0) is 42.5 Å². The molecule has 3 heterocycles. The van der Waals surface area contributed by atoms with Crippen LogP contribution in [0.1, 0.15) is 28.0 Å². The number of rotatable bonds is 7. The summed E-state index contributed by atoms with van der Waals surface area (Å²) >= 11 is 2.83. The topological polar surface area (TPSA) is 96.7 Å². The lowest BCUT2D eigenvalue weighted by molar-refractivity contribution is -0.113. The van der Waals surface area contributed by atoms with E-state index < -0.39 is 0 Å². The van der Waals surface area contributed by atoms with Gasteiger partial charge in [0.1, 0.15) is 11.1 Å². The first-order valence-electron chi connectivity index (χ1n) is 10.2. The van der Waals surface area contributed by atoms with Crippen molar-refractivity contribution in [3.8, 4) is 17.7 Å². The third-order valence-corrected chi connectivity index (χ3v) is 7.43. The van der Waals surface area contributed by atoms with E-state index in [0.29, 0.717) is 33.9 Å². The second-order valence-electron chi connectivity index (χ2n) is 7.37. The maximum atomic E-state index is 12.7. The van der Waals surface area contributed by atoms with Gasteiger partial charge in [-0.15, -0.1) is 21.5 Å². The van der Waals surface area contributed by atoms with Crippen molar-refractivity contribution in [2.24, 2.45) is 0 Å². The minimum Gasteiger partial charge on any atom is -0.461 e. The molecule has 0 aliphatic heterocycles. The molecular weight excluding hydrogens is 442 g/mol. The molecular formula is C23H19N5O2S2. The van der Waals surface area contributed by atoms with Crippen LogP contribution in [0.3, 0.4) is 0 Å². The zero-order chi connectivity index (χ0) is 21.9. The van der Waals surface area contributed by atoms with E-state index in [4.69, 9.17) is 4.42 Å². The highest BCUT2D eigenvalue weighted by Gasteiger charge is 2.23. The SMILES string of the molecule is N#Cc1c(NC(=O)CSc2nnc(-c3ccco3)n2Cc2ccccc2)sc2c1CCC2. The maximum absolute atomic E-state index is 12.7. The van der Waals surface area contributed by atoms with Crippen LogP contribution in [0.4, 0.5) is 5.00 Å². The number of carbonyl (C=O) groups is 1. The van der Waals surface area contributed by atoms with E-state index in [9.17, 15) is 10.1 Å². The Labute approximate surface area is 193 Å². The number of nitrogens with zero attached hydrogens (tertiary/aromatic N) is 4. The fourth-order valence-corrected chi connectivity index (χ4v) is 5.79. The zero-order valence-electron chi connectivity index (χ0n) is 17.1. The monoisotopic (exact) mass is 461 g/mol. The van der Waals surface area contributed by atoms with Crippen LogP contribution in [0.25, 0.3) is 11.6 Å². The second kappa shape index (κ2) is 9.02. The molecule has 9 heteroatoms. The number of hydrogen-bond acceptors (Lipinski definition) is 7. The predicted octanol–water partition coefficient (Wildman–Crippen LogP) is 4.74. The number of fused-ring (bicyclic) bond motifs is 1. The molecule has 0 radical (unpaired) electrons. The van der Waals surface area contributed by atoms with Crippen LogP contribution in [0.2, 0.25) is 0 Å². The molecule has 3 aromatic heterocycles. The summed E-state index contributed by atoms with van der Waals surface area (Å²) in [7, 11) is 0. The van der Waals surface area contributed by atoms with Crippen LogP contribution in [0.15, 0.2) is 58.3 Å². The minimum absolute atomic E-state index is 0.165. The molecule has 32 heavy (non-hydrogen) atoms. The molecule has 0 saturated carbocycles. The van der Waals surface area contributed by atoms with Crippen LogP contribution < -0.4 is 5.32 Å². The normalized spacial score (nSPS) is 12.5. The summed E-state index contributed by atoms with van der Waals surface area (Å²) in [4.78, 5) is 13.9. The number of aromatic nitrogens is 3. The number of nitrogens with one attached hydrogen (secondary N) is 1. The summed E-state index contributed by atoms with van der Waals surface area (Å²) in [5.74, 6) is 1.23. The third kappa shape index (κ3) is 4.07. The number of carbonyl (C=O) groups excluding carboxylic acids is 1. The molecule has 5 rings (SSSR count). The standard InChI is InChI=1S/C23H19N5O2S2/c24-12-17-16-8-4-10-19(16)32-22(17)25-20(29)14-31-23-27-26-21(18-9-5-11-30-18)28(23)13-15-6-2-1-3-7-15/h1-3,5-7,9,11H,4,8,10,13-14H2,(H,25,29). The van der Waals surface area contributed by atoms with Gasteiger partial charge in [0.15, 0.2) is 10.9 Å². The number of thiophene rings is 1. The maximum Gasteiger partial charge on any atom is 0.235 e. The summed E-state index contributed by atoms with van der Waals surface area (Å²) in [6.07, 6.45) is 4.58. The second-order valence-corrected chi connectivity index (χ2v) is 9.41. The summed E-state index contributed by atoms with van der Waals surface area (Å²) < 4.78 is 7.48. The number of amides is 1. The lowest BCUT2D eigenvalue weighted by Gasteiger charge is -2.09. The molecule has 1 aliphatic rings. The van der Waals surface area contributed by atoms with Crippen LogP contribution >= 0.6 is 23.1 Å². The van der Waals surface area contributed by atoms with Gasteiger partial charge in [0.05, 0.1) is 24.1 Å². The van der Waals surface area contributed by atoms with E-state index in [-0.39, 0.29) is 11.7 Å². The van der Waals surface area contributed by atoms with Gasteiger partial charge in [-0.1, -0.05) is 42.1 Å². The fraction of sp³-hybridized carbons (Fsp3) is 0.217. The summed E-state index contributed by atoms with van der Waals surface area (Å²) in [6.45, 7) is 0.560.